The van der Waals surface area contributed by atoms with Crippen molar-refractivity contribution in [3.8, 4) is 5.69 Å². The van der Waals surface area contributed by atoms with Gasteiger partial charge in [-0.1, -0.05) is 47.5 Å². The fraction of sp³-hybridized carbons (Fsp3) is 0.304. The van der Waals surface area contributed by atoms with Crippen LogP contribution in [0.4, 0.5) is 0 Å². The number of halogens is 2. The largest absolute Gasteiger partial charge is 0.344 e. The predicted molar refractivity (Wildman–Crippen MR) is 115 cm³/mol. The third-order valence-electron chi connectivity index (χ3n) is 5.97. The van der Waals surface area contributed by atoms with Crippen LogP contribution >= 0.6 is 23.2 Å². The Kier molecular flexibility index (Phi) is 4.84. The van der Waals surface area contributed by atoms with Crippen LogP contribution in [0.25, 0.3) is 5.69 Å². The van der Waals surface area contributed by atoms with Crippen molar-refractivity contribution in [3.05, 3.63) is 80.6 Å². The number of nitrogens with zero attached hydrogens (tertiary/aromatic N) is 2. The number of carbonyl (C=O) groups excluding carboxylic acids is 1. The molecule has 0 aliphatic heterocycles. The maximum Gasteiger partial charge on any atom is 0.272 e. The molecule has 6 heteroatoms. The van der Waals surface area contributed by atoms with E-state index in [4.69, 9.17) is 28.3 Å². The first-order chi connectivity index (χ1) is 14.1. The lowest BCUT2D eigenvalue weighted by Crippen LogP contribution is -2.31. The second kappa shape index (κ2) is 7.51. The van der Waals surface area contributed by atoms with Crippen LogP contribution in [-0.4, -0.2) is 15.7 Å². The minimum Gasteiger partial charge on any atom is -0.344 e. The zero-order chi connectivity index (χ0) is 20.0. The van der Waals surface area contributed by atoms with Gasteiger partial charge in [0.25, 0.3) is 5.91 Å². The maximum atomic E-state index is 13.2. The molecule has 2 aromatic carbocycles. The number of rotatable bonds is 3. The Morgan fingerprint density at radius 3 is 2.76 bits per heavy atom. The molecule has 1 N–H and O–H groups in total. The Labute approximate surface area is 179 Å². The highest BCUT2D eigenvalue weighted by molar-refractivity contribution is 6.42. The summed E-state index contributed by atoms with van der Waals surface area (Å²) in [6.07, 6.45) is 5.92. The Hall–Kier alpha value is -2.30. The van der Waals surface area contributed by atoms with Crippen LogP contribution in [0.1, 0.15) is 58.2 Å². The molecule has 1 atom stereocenters. The minimum absolute atomic E-state index is 0.0413. The first-order valence-corrected chi connectivity index (χ1v) is 10.8. The van der Waals surface area contributed by atoms with Crippen LogP contribution in [0.5, 0.6) is 0 Å². The summed E-state index contributed by atoms with van der Waals surface area (Å²) in [5, 5.41) is 8.93. The lowest BCUT2D eigenvalue weighted by Gasteiger charge is -2.26. The van der Waals surface area contributed by atoms with Gasteiger partial charge in [0.05, 0.1) is 21.8 Å². The van der Waals surface area contributed by atoms with Gasteiger partial charge >= 0.3 is 0 Å². The molecule has 1 amide bonds. The third-order valence-corrected chi connectivity index (χ3v) is 6.71. The highest BCUT2D eigenvalue weighted by atomic mass is 35.5. The molecule has 29 heavy (non-hydrogen) atoms. The molecule has 2 aliphatic rings. The van der Waals surface area contributed by atoms with Crippen molar-refractivity contribution in [3.63, 3.8) is 0 Å². The average Bonchev–Trinajstić information content (AvgIpc) is 3.33. The van der Waals surface area contributed by atoms with Crippen LogP contribution in [0.2, 0.25) is 10.0 Å². The van der Waals surface area contributed by atoms with Crippen LogP contribution in [-0.2, 0) is 19.3 Å². The van der Waals surface area contributed by atoms with E-state index < -0.39 is 0 Å². The van der Waals surface area contributed by atoms with E-state index in [1.54, 1.807) is 12.1 Å². The fourth-order valence-corrected chi connectivity index (χ4v) is 4.87. The zero-order valence-electron chi connectivity index (χ0n) is 15.9. The Morgan fingerprint density at radius 2 is 1.90 bits per heavy atom. The summed E-state index contributed by atoms with van der Waals surface area (Å²) in [4.78, 5) is 13.2. The number of fused-ring (bicyclic) bond motifs is 2. The molecule has 2 aliphatic carbocycles. The van der Waals surface area contributed by atoms with Crippen molar-refractivity contribution in [2.75, 3.05) is 0 Å². The topological polar surface area (TPSA) is 46.9 Å². The SMILES string of the molecule is O=C(NC1CCCc2ccccc21)c1nn(-c2ccc(Cl)c(Cl)c2)c2c1CCC2. The predicted octanol–water partition coefficient (Wildman–Crippen LogP) is 5.48. The first-order valence-electron chi connectivity index (χ1n) is 10.1. The van der Waals surface area contributed by atoms with Gasteiger partial charge in [-0.25, -0.2) is 4.68 Å². The molecule has 5 rings (SSSR count). The monoisotopic (exact) mass is 425 g/mol. The standard InChI is InChI=1S/C23H21Cl2N3O/c24-18-12-11-15(13-19(18)25)28-21-10-4-8-17(21)22(27-28)23(29)26-20-9-3-6-14-5-1-2-7-16(14)20/h1-2,5,7,11-13,20H,3-4,6,8-10H2,(H,26,29). The molecule has 1 heterocycles. The molecule has 4 nitrogen and oxygen atoms in total. The van der Waals surface area contributed by atoms with Crippen molar-refractivity contribution >= 4 is 29.1 Å². The molecule has 1 unspecified atom stereocenters. The van der Waals surface area contributed by atoms with Crippen molar-refractivity contribution in [2.45, 2.75) is 44.6 Å². The summed E-state index contributed by atoms with van der Waals surface area (Å²) in [7, 11) is 0. The third kappa shape index (κ3) is 3.34. The van der Waals surface area contributed by atoms with Crippen LogP contribution in [0, 0.1) is 0 Å². The fourth-order valence-electron chi connectivity index (χ4n) is 4.58. The van der Waals surface area contributed by atoms with Crippen molar-refractivity contribution in [1.29, 1.82) is 0 Å². The van der Waals surface area contributed by atoms with Crippen LogP contribution in [0.3, 0.4) is 0 Å². The number of hydrogen-bond acceptors (Lipinski definition) is 2. The summed E-state index contributed by atoms with van der Waals surface area (Å²) in [5.41, 5.74) is 6.07. The quantitative estimate of drug-likeness (QED) is 0.603. The molecule has 0 bridgehead atoms. The van der Waals surface area contributed by atoms with Crippen LogP contribution in [0.15, 0.2) is 42.5 Å². The first kappa shape index (κ1) is 18.7. The molecule has 0 spiro atoms. The summed E-state index contributed by atoms with van der Waals surface area (Å²) in [6, 6.07) is 13.9. The van der Waals surface area contributed by atoms with Crippen molar-refractivity contribution < 1.29 is 4.79 Å². The number of aromatic nitrogens is 2. The Bertz CT molecular complexity index is 1110. The summed E-state index contributed by atoms with van der Waals surface area (Å²) in [5.74, 6) is -0.0938. The molecular weight excluding hydrogens is 405 g/mol. The number of hydrogen-bond donors (Lipinski definition) is 1. The lowest BCUT2D eigenvalue weighted by molar-refractivity contribution is 0.0926. The van der Waals surface area contributed by atoms with E-state index in [0.29, 0.717) is 15.7 Å². The second-order valence-corrected chi connectivity index (χ2v) is 8.57. The van der Waals surface area contributed by atoms with Crippen molar-refractivity contribution in [2.24, 2.45) is 0 Å². The van der Waals surface area contributed by atoms with E-state index in [9.17, 15) is 4.79 Å². The molecule has 0 saturated heterocycles. The highest BCUT2D eigenvalue weighted by Gasteiger charge is 2.29. The van der Waals surface area contributed by atoms with E-state index in [0.717, 1.165) is 55.5 Å². The van der Waals surface area contributed by atoms with E-state index in [-0.39, 0.29) is 11.9 Å². The molecule has 148 valence electrons. The van der Waals surface area contributed by atoms with E-state index in [1.165, 1.54) is 11.1 Å². The number of carbonyl (C=O) groups is 1. The normalized spacial score (nSPS) is 17.7. The van der Waals surface area contributed by atoms with E-state index in [1.807, 2.05) is 16.8 Å². The van der Waals surface area contributed by atoms with Gasteiger partial charge in [0.15, 0.2) is 5.69 Å². The summed E-state index contributed by atoms with van der Waals surface area (Å²) >= 11 is 12.3. The highest BCUT2D eigenvalue weighted by Crippen LogP contribution is 2.32. The molecular formula is C23H21Cl2N3O. The summed E-state index contributed by atoms with van der Waals surface area (Å²) in [6.45, 7) is 0. The molecule has 3 aromatic rings. The number of amides is 1. The van der Waals surface area contributed by atoms with Gasteiger partial charge < -0.3 is 5.32 Å². The van der Waals surface area contributed by atoms with Crippen molar-refractivity contribution in [1.82, 2.24) is 15.1 Å². The van der Waals surface area contributed by atoms with Gasteiger partial charge in [-0.2, -0.15) is 5.10 Å². The van der Waals surface area contributed by atoms with E-state index in [2.05, 4.69) is 23.5 Å². The molecule has 0 saturated carbocycles. The van der Waals surface area contributed by atoms with Gasteiger partial charge in [0, 0.05) is 11.3 Å². The number of nitrogens with one attached hydrogen (secondary N) is 1. The Morgan fingerprint density at radius 1 is 1.03 bits per heavy atom. The number of benzene rings is 2. The number of aryl methyl sites for hydroxylation is 1. The smallest absolute Gasteiger partial charge is 0.272 e. The van der Waals surface area contributed by atoms with Gasteiger partial charge in [-0.15, -0.1) is 0 Å². The molecule has 0 fully saturated rings. The maximum absolute atomic E-state index is 13.2. The summed E-state index contributed by atoms with van der Waals surface area (Å²) < 4.78 is 1.86. The lowest BCUT2D eigenvalue weighted by atomic mass is 9.87. The zero-order valence-corrected chi connectivity index (χ0v) is 17.4. The minimum atomic E-state index is -0.0938. The average molecular weight is 426 g/mol. The van der Waals surface area contributed by atoms with Gasteiger partial charge in [-0.05, 0) is 67.9 Å². The molecule has 1 aromatic heterocycles. The van der Waals surface area contributed by atoms with Crippen LogP contribution < -0.4 is 5.32 Å². The van der Waals surface area contributed by atoms with Gasteiger partial charge in [-0.3, -0.25) is 4.79 Å². The Balaban J connectivity index is 1.48. The second-order valence-electron chi connectivity index (χ2n) is 7.75. The van der Waals surface area contributed by atoms with E-state index >= 15 is 0 Å². The van der Waals surface area contributed by atoms with Gasteiger partial charge in [0.1, 0.15) is 0 Å². The molecule has 0 radical (unpaired) electrons. The van der Waals surface area contributed by atoms with Gasteiger partial charge in [0.2, 0.25) is 0 Å².